The molecule has 0 bridgehead atoms. The Bertz CT molecular complexity index is 337. The van der Waals surface area contributed by atoms with E-state index < -0.39 is 11.6 Å². The SMILES string of the molecule is CC(C)CC(Br)CCc1cccc(F)c1F. The van der Waals surface area contributed by atoms with Crippen molar-refractivity contribution >= 4 is 15.9 Å². The molecule has 0 saturated heterocycles. The van der Waals surface area contributed by atoms with Crippen molar-refractivity contribution in [2.75, 3.05) is 0 Å². The van der Waals surface area contributed by atoms with Crippen molar-refractivity contribution in [2.45, 2.75) is 37.9 Å². The highest BCUT2D eigenvalue weighted by Gasteiger charge is 2.11. The van der Waals surface area contributed by atoms with Crippen molar-refractivity contribution in [3.8, 4) is 0 Å². The third kappa shape index (κ3) is 4.20. The Morgan fingerprint density at radius 3 is 2.56 bits per heavy atom. The van der Waals surface area contributed by atoms with Crippen molar-refractivity contribution in [1.82, 2.24) is 0 Å². The Kier molecular flexibility index (Phi) is 5.39. The maximum absolute atomic E-state index is 13.3. The Morgan fingerprint density at radius 1 is 1.25 bits per heavy atom. The smallest absolute Gasteiger partial charge is 0.162 e. The average molecular weight is 291 g/mol. The largest absolute Gasteiger partial charge is 0.204 e. The van der Waals surface area contributed by atoms with Crippen LogP contribution in [0.1, 0.15) is 32.3 Å². The molecule has 0 saturated carbocycles. The number of hydrogen-bond acceptors (Lipinski definition) is 0. The summed E-state index contributed by atoms with van der Waals surface area (Å²) in [7, 11) is 0. The summed E-state index contributed by atoms with van der Waals surface area (Å²) in [5.74, 6) is -0.846. The average Bonchev–Trinajstić information content (AvgIpc) is 2.19. The molecule has 0 radical (unpaired) electrons. The van der Waals surface area contributed by atoms with Crippen LogP contribution in [-0.4, -0.2) is 4.83 Å². The molecule has 1 aromatic carbocycles. The zero-order valence-electron chi connectivity index (χ0n) is 9.64. The highest BCUT2D eigenvalue weighted by Crippen LogP contribution is 2.20. The molecule has 0 aliphatic rings. The fraction of sp³-hybridized carbons (Fsp3) is 0.538. The number of rotatable bonds is 5. The van der Waals surface area contributed by atoms with E-state index in [0.29, 0.717) is 22.7 Å². The van der Waals surface area contributed by atoms with Gasteiger partial charge >= 0.3 is 0 Å². The van der Waals surface area contributed by atoms with Crippen LogP contribution in [-0.2, 0) is 6.42 Å². The third-order valence-corrected chi connectivity index (χ3v) is 3.32. The first-order chi connectivity index (χ1) is 7.50. The molecule has 1 aromatic rings. The minimum atomic E-state index is -0.757. The summed E-state index contributed by atoms with van der Waals surface area (Å²) >= 11 is 3.56. The van der Waals surface area contributed by atoms with E-state index in [1.807, 2.05) is 0 Å². The summed E-state index contributed by atoms with van der Waals surface area (Å²) in [6.07, 6.45) is 2.46. The highest BCUT2D eigenvalue weighted by atomic mass is 79.9. The van der Waals surface area contributed by atoms with Crippen LogP contribution in [0.25, 0.3) is 0 Å². The van der Waals surface area contributed by atoms with Gasteiger partial charge in [-0.1, -0.05) is 41.9 Å². The van der Waals surface area contributed by atoms with Crippen LogP contribution in [0.15, 0.2) is 18.2 Å². The normalized spacial score (nSPS) is 13.1. The van der Waals surface area contributed by atoms with E-state index in [4.69, 9.17) is 0 Å². The van der Waals surface area contributed by atoms with Gasteiger partial charge in [-0.15, -0.1) is 0 Å². The van der Waals surface area contributed by atoms with Crippen molar-refractivity contribution in [3.05, 3.63) is 35.4 Å². The summed E-state index contributed by atoms with van der Waals surface area (Å²) < 4.78 is 26.3. The van der Waals surface area contributed by atoms with Crippen LogP contribution in [0.2, 0.25) is 0 Å². The van der Waals surface area contributed by atoms with Crippen LogP contribution in [0, 0.1) is 17.6 Å². The van der Waals surface area contributed by atoms with Crippen molar-refractivity contribution in [1.29, 1.82) is 0 Å². The fourth-order valence-corrected chi connectivity index (χ4v) is 2.66. The zero-order valence-corrected chi connectivity index (χ0v) is 11.2. The number of hydrogen-bond donors (Lipinski definition) is 0. The predicted octanol–water partition coefficient (Wildman–Crippen LogP) is 4.71. The molecule has 0 aliphatic heterocycles. The van der Waals surface area contributed by atoms with E-state index >= 15 is 0 Å². The predicted molar refractivity (Wildman–Crippen MR) is 66.8 cm³/mol. The molecule has 0 aromatic heterocycles. The standard InChI is InChI=1S/C13H17BrF2/c1-9(2)8-11(14)7-6-10-4-3-5-12(15)13(10)16/h3-5,9,11H,6-8H2,1-2H3. The molecule has 3 heteroatoms. The second kappa shape index (κ2) is 6.33. The lowest BCUT2D eigenvalue weighted by molar-refractivity contribution is 0.493. The van der Waals surface area contributed by atoms with Gasteiger partial charge in [0.15, 0.2) is 11.6 Å². The molecule has 1 atom stereocenters. The van der Waals surface area contributed by atoms with Crippen LogP contribution in [0.3, 0.4) is 0 Å². The van der Waals surface area contributed by atoms with Gasteiger partial charge < -0.3 is 0 Å². The molecule has 1 rings (SSSR count). The van der Waals surface area contributed by atoms with Crippen molar-refractivity contribution < 1.29 is 8.78 Å². The fourth-order valence-electron chi connectivity index (χ4n) is 1.68. The molecule has 0 N–H and O–H groups in total. The van der Waals surface area contributed by atoms with Crippen LogP contribution >= 0.6 is 15.9 Å². The molecular formula is C13H17BrF2. The van der Waals surface area contributed by atoms with Gasteiger partial charge in [0.25, 0.3) is 0 Å². The lowest BCUT2D eigenvalue weighted by Crippen LogP contribution is -2.05. The van der Waals surface area contributed by atoms with Gasteiger partial charge in [0.2, 0.25) is 0 Å². The topological polar surface area (TPSA) is 0 Å². The monoisotopic (exact) mass is 290 g/mol. The molecule has 0 heterocycles. The van der Waals surface area contributed by atoms with E-state index in [-0.39, 0.29) is 0 Å². The quantitative estimate of drug-likeness (QED) is 0.689. The first-order valence-electron chi connectivity index (χ1n) is 5.57. The lowest BCUT2D eigenvalue weighted by Gasteiger charge is -2.12. The van der Waals surface area contributed by atoms with Crippen molar-refractivity contribution in [3.63, 3.8) is 0 Å². The molecule has 0 amide bonds. The Hall–Kier alpha value is -0.440. The van der Waals surface area contributed by atoms with Gasteiger partial charge in [0.1, 0.15) is 0 Å². The minimum Gasteiger partial charge on any atom is -0.204 e. The Morgan fingerprint density at radius 2 is 1.94 bits per heavy atom. The summed E-state index contributed by atoms with van der Waals surface area (Å²) in [6.45, 7) is 4.30. The molecule has 0 nitrogen and oxygen atoms in total. The first kappa shape index (κ1) is 13.6. The van der Waals surface area contributed by atoms with Gasteiger partial charge in [0, 0.05) is 4.83 Å². The van der Waals surface area contributed by atoms with E-state index in [2.05, 4.69) is 29.8 Å². The third-order valence-electron chi connectivity index (χ3n) is 2.49. The van der Waals surface area contributed by atoms with Crippen molar-refractivity contribution in [2.24, 2.45) is 5.92 Å². The number of halogens is 3. The van der Waals surface area contributed by atoms with Gasteiger partial charge in [-0.2, -0.15) is 0 Å². The van der Waals surface area contributed by atoms with Crippen LogP contribution in [0.5, 0.6) is 0 Å². The maximum Gasteiger partial charge on any atom is 0.162 e. The molecule has 90 valence electrons. The number of aryl methyl sites for hydroxylation is 1. The molecule has 1 unspecified atom stereocenters. The summed E-state index contributed by atoms with van der Waals surface area (Å²) in [6, 6.07) is 4.35. The minimum absolute atomic E-state index is 0.371. The highest BCUT2D eigenvalue weighted by molar-refractivity contribution is 9.09. The van der Waals surface area contributed by atoms with Gasteiger partial charge in [-0.25, -0.2) is 8.78 Å². The van der Waals surface area contributed by atoms with Gasteiger partial charge in [-0.3, -0.25) is 0 Å². The van der Waals surface area contributed by atoms with Gasteiger partial charge in [-0.05, 0) is 36.8 Å². The first-order valence-corrected chi connectivity index (χ1v) is 6.49. The van der Waals surface area contributed by atoms with Crippen LogP contribution < -0.4 is 0 Å². The second-order valence-electron chi connectivity index (χ2n) is 4.48. The molecular weight excluding hydrogens is 274 g/mol. The Labute approximate surface area is 104 Å². The van der Waals surface area contributed by atoms with E-state index in [1.165, 1.54) is 0 Å². The van der Waals surface area contributed by atoms with Crippen LogP contribution in [0.4, 0.5) is 8.78 Å². The molecule has 0 spiro atoms. The summed E-state index contributed by atoms with van der Waals surface area (Å²) in [5, 5.41) is 0. The van der Waals surface area contributed by atoms with E-state index in [9.17, 15) is 8.78 Å². The van der Waals surface area contributed by atoms with Gasteiger partial charge in [0.05, 0.1) is 0 Å². The molecule has 0 fully saturated rings. The summed E-state index contributed by atoms with van der Waals surface area (Å²) in [4.78, 5) is 0.371. The zero-order chi connectivity index (χ0) is 12.1. The number of alkyl halides is 1. The summed E-state index contributed by atoms with van der Waals surface area (Å²) in [5.41, 5.74) is 0.466. The Balaban J connectivity index is 2.51. The lowest BCUT2D eigenvalue weighted by atomic mass is 10.0. The number of benzene rings is 1. The maximum atomic E-state index is 13.3. The molecule has 16 heavy (non-hydrogen) atoms. The van der Waals surface area contributed by atoms with E-state index in [1.54, 1.807) is 12.1 Å². The second-order valence-corrected chi connectivity index (χ2v) is 5.77. The van der Waals surface area contributed by atoms with E-state index in [0.717, 1.165) is 18.9 Å². The molecule has 0 aliphatic carbocycles.